The van der Waals surface area contributed by atoms with Gasteiger partial charge in [0.25, 0.3) is 0 Å². The third kappa shape index (κ3) is 1.67. The second kappa shape index (κ2) is 4.45. The van der Waals surface area contributed by atoms with Gasteiger partial charge in [-0.05, 0) is 50.7 Å². The fourth-order valence-corrected chi connectivity index (χ4v) is 3.01. The molecule has 3 aromatic heterocycles. The third-order valence-electron chi connectivity index (χ3n) is 3.97. The lowest BCUT2D eigenvalue weighted by molar-refractivity contribution is 0.243. The minimum atomic E-state index is 0.301. The highest BCUT2D eigenvalue weighted by atomic mass is 16.3. The number of hydrogen-bond donors (Lipinski definition) is 0. The van der Waals surface area contributed by atoms with Crippen LogP contribution in [0.1, 0.15) is 19.0 Å². The van der Waals surface area contributed by atoms with Crippen molar-refractivity contribution < 1.29 is 4.42 Å². The summed E-state index contributed by atoms with van der Waals surface area (Å²) in [6, 6.07) is 7.77. The predicted octanol–water partition coefficient (Wildman–Crippen LogP) is 2.92. The van der Waals surface area contributed by atoms with Gasteiger partial charge in [-0.1, -0.05) is 0 Å². The molecule has 4 heterocycles. The summed E-state index contributed by atoms with van der Waals surface area (Å²) in [5.74, 6) is 1.66. The molecule has 0 aromatic carbocycles. The Morgan fingerprint density at radius 2 is 2.25 bits per heavy atom. The van der Waals surface area contributed by atoms with Crippen LogP contribution in [0.3, 0.4) is 0 Å². The highest BCUT2D eigenvalue weighted by Crippen LogP contribution is 2.33. The average molecular weight is 268 g/mol. The van der Waals surface area contributed by atoms with Crippen LogP contribution >= 0.6 is 0 Å². The molecule has 1 atom stereocenters. The van der Waals surface area contributed by atoms with Gasteiger partial charge in [0.1, 0.15) is 5.52 Å². The molecule has 1 fully saturated rings. The quantitative estimate of drug-likeness (QED) is 0.717. The topological polar surface area (TPSA) is 47.1 Å². The Bertz CT molecular complexity index is 732. The molecule has 0 spiro atoms. The van der Waals surface area contributed by atoms with Gasteiger partial charge in [0.05, 0.1) is 12.4 Å². The molecule has 1 unspecified atom stereocenters. The van der Waals surface area contributed by atoms with Crippen LogP contribution in [0.4, 0.5) is 0 Å². The number of rotatable bonds is 2. The van der Waals surface area contributed by atoms with Crippen LogP contribution in [-0.2, 0) is 0 Å². The largest absolute Gasteiger partial charge is 0.461 e. The van der Waals surface area contributed by atoms with Gasteiger partial charge < -0.3 is 4.42 Å². The summed E-state index contributed by atoms with van der Waals surface area (Å²) in [5.41, 5.74) is 1.84. The van der Waals surface area contributed by atoms with Crippen molar-refractivity contribution in [3.05, 3.63) is 36.7 Å². The molecule has 1 aliphatic heterocycles. The zero-order valence-corrected chi connectivity index (χ0v) is 11.4. The van der Waals surface area contributed by atoms with Gasteiger partial charge in [-0.15, -0.1) is 0 Å². The van der Waals surface area contributed by atoms with E-state index in [1.807, 2.05) is 30.5 Å². The van der Waals surface area contributed by atoms with E-state index in [2.05, 4.69) is 21.5 Å². The Hall–Kier alpha value is -2.14. The molecule has 0 amide bonds. The molecular weight excluding hydrogens is 252 g/mol. The summed E-state index contributed by atoms with van der Waals surface area (Å²) >= 11 is 0. The summed E-state index contributed by atoms with van der Waals surface area (Å²) in [6.45, 7) is 1.11. The molecule has 3 aromatic rings. The average Bonchev–Trinajstić information content (AvgIpc) is 3.15. The van der Waals surface area contributed by atoms with E-state index in [-0.39, 0.29) is 0 Å². The lowest BCUT2D eigenvalue weighted by Crippen LogP contribution is -2.23. The van der Waals surface area contributed by atoms with Crippen molar-refractivity contribution in [3.8, 4) is 11.6 Å². The molecule has 102 valence electrons. The van der Waals surface area contributed by atoms with Crippen LogP contribution in [0.15, 0.2) is 41.1 Å². The molecule has 5 heteroatoms. The minimum Gasteiger partial charge on any atom is -0.461 e. The minimum absolute atomic E-state index is 0.301. The molecule has 0 radical (unpaired) electrons. The highest BCUT2D eigenvalue weighted by Gasteiger charge is 2.28. The normalized spacial score (nSPS) is 19.9. The molecule has 5 nitrogen and oxygen atoms in total. The number of furan rings is 1. The van der Waals surface area contributed by atoms with Crippen molar-refractivity contribution in [2.24, 2.45) is 0 Å². The predicted molar refractivity (Wildman–Crippen MR) is 76.1 cm³/mol. The Kier molecular flexibility index (Phi) is 2.60. The first-order chi connectivity index (χ1) is 9.84. The van der Waals surface area contributed by atoms with E-state index < -0.39 is 0 Å². The number of pyridine rings is 1. The first-order valence-electron chi connectivity index (χ1n) is 6.91. The van der Waals surface area contributed by atoms with E-state index in [1.165, 1.54) is 6.42 Å². The number of aromatic nitrogens is 3. The monoisotopic (exact) mass is 268 g/mol. The maximum Gasteiger partial charge on any atom is 0.179 e. The van der Waals surface area contributed by atoms with Crippen molar-refractivity contribution in [1.29, 1.82) is 0 Å². The van der Waals surface area contributed by atoms with Crippen LogP contribution in [0.5, 0.6) is 0 Å². The first kappa shape index (κ1) is 11.7. The summed E-state index contributed by atoms with van der Waals surface area (Å²) in [4.78, 5) is 11.6. The second-order valence-electron chi connectivity index (χ2n) is 5.23. The van der Waals surface area contributed by atoms with Crippen molar-refractivity contribution in [2.75, 3.05) is 13.6 Å². The van der Waals surface area contributed by atoms with Gasteiger partial charge in [0.2, 0.25) is 0 Å². The molecule has 0 saturated carbocycles. The molecular formula is C15H16N4O. The summed E-state index contributed by atoms with van der Waals surface area (Å²) < 4.78 is 7.76. The van der Waals surface area contributed by atoms with Gasteiger partial charge in [-0.25, -0.2) is 9.97 Å². The maximum atomic E-state index is 5.55. The van der Waals surface area contributed by atoms with Gasteiger partial charge in [-0.3, -0.25) is 9.47 Å². The number of imidazole rings is 1. The van der Waals surface area contributed by atoms with E-state index in [9.17, 15) is 0 Å². The van der Waals surface area contributed by atoms with Gasteiger partial charge in [0, 0.05) is 6.20 Å². The zero-order chi connectivity index (χ0) is 13.5. The van der Waals surface area contributed by atoms with Crippen LogP contribution < -0.4 is 0 Å². The Morgan fingerprint density at radius 3 is 3.00 bits per heavy atom. The standard InChI is InChI=1S/C15H16N4O/c1-18-9-3-7-13(18)19-14-11(5-2-8-16-14)17-15(19)12-6-4-10-20-12/h2,4-6,8,10,13H,3,7,9H2,1H3. The fourth-order valence-electron chi connectivity index (χ4n) is 3.01. The number of nitrogens with zero attached hydrogens (tertiary/aromatic N) is 4. The van der Waals surface area contributed by atoms with Crippen LogP contribution in [0.2, 0.25) is 0 Å². The molecule has 1 saturated heterocycles. The molecule has 4 rings (SSSR count). The zero-order valence-electron chi connectivity index (χ0n) is 11.4. The van der Waals surface area contributed by atoms with Crippen molar-refractivity contribution in [1.82, 2.24) is 19.4 Å². The highest BCUT2D eigenvalue weighted by molar-refractivity contribution is 5.76. The van der Waals surface area contributed by atoms with E-state index >= 15 is 0 Å². The molecule has 20 heavy (non-hydrogen) atoms. The van der Waals surface area contributed by atoms with E-state index in [4.69, 9.17) is 9.40 Å². The van der Waals surface area contributed by atoms with Crippen LogP contribution in [-0.4, -0.2) is 33.0 Å². The maximum absolute atomic E-state index is 5.55. The summed E-state index contributed by atoms with van der Waals surface area (Å²) in [7, 11) is 2.15. The Balaban J connectivity index is 1.98. The Morgan fingerprint density at radius 1 is 1.30 bits per heavy atom. The molecule has 0 bridgehead atoms. The van der Waals surface area contributed by atoms with Crippen LogP contribution in [0, 0.1) is 0 Å². The Labute approximate surface area is 116 Å². The molecule has 0 aliphatic carbocycles. The van der Waals surface area contributed by atoms with Gasteiger partial charge in [-0.2, -0.15) is 0 Å². The number of likely N-dealkylation sites (tertiary alicyclic amines) is 1. The fraction of sp³-hybridized carbons (Fsp3) is 0.333. The van der Waals surface area contributed by atoms with E-state index in [0.717, 1.165) is 35.7 Å². The number of fused-ring (bicyclic) bond motifs is 1. The molecule has 0 N–H and O–H groups in total. The van der Waals surface area contributed by atoms with Gasteiger partial charge >= 0.3 is 0 Å². The smallest absolute Gasteiger partial charge is 0.179 e. The lowest BCUT2D eigenvalue weighted by atomic mass is 10.3. The number of hydrogen-bond acceptors (Lipinski definition) is 4. The van der Waals surface area contributed by atoms with E-state index in [1.54, 1.807) is 6.26 Å². The second-order valence-corrected chi connectivity index (χ2v) is 5.23. The molecule has 1 aliphatic rings. The summed E-state index contributed by atoms with van der Waals surface area (Å²) in [6.07, 6.45) is 6.12. The van der Waals surface area contributed by atoms with Crippen molar-refractivity contribution >= 4 is 11.2 Å². The third-order valence-corrected chi connectivity index (χ3v) is 3.97. The van der Waals surface area contributed by atoms with Gasteiger partial charge in [0.15, 0.2) is 17.2 Å². The lowest BCUT2D eigenvalue weighted by Gasteiger charge is -2.22. The van der Waals surface area contributed by atoms with Crippen molar-refractivity contribution in [2.45, 2.75) is 19.0 Å². The van der Waals surface area contributed by atoms with E-state index in [0.29, 0.717) is 6.17 Å². The summed E-state index contributed by atoms with van der Waals surface area (Å²) in [5, 5.41) is 0. The van der Waals surface area contributed by atoms with Crippen molar-refractivity contribution in [3.63, 3.8) is 0 Å². The SMILES string of the molecule is CN1CCCC1n1c(-c2ccco2)nc2cccnc21. The first-order valence-corrected chi connectivity index (χ1v) is 6.91. The van der Waals surface area contributed by atoms with Crippen LogP contribution in [0.25, 0.3) is 22.7 Å².